The molecule has 0 radical (unpaired) electrons. The average Bonchev–Trinajstić information content (AvgIpc) is 3.25. The second-order valence-electron chi connectivity index (χ2n) is 7.84. The first-order valence-corrected chi connectivity index (χ1v) is 10.6. The first-order valence-electron chi connectivity index (χ1n) is 10.6. The summed E-state index contributed by atoms with van der Waals surface area (Å²) in [5.41, 5.74) is 3.00. The maximum absolute atomic E-state index is 13.2. The maximum Gasteiger partial charge on any atom is 0.257 e. The molecule has 0 spiro atoms. The number of likely N-dealkylation sites (tertiary alicyclic amines) is 1. The standard InChI is InChI=1S/C24H29N3O3/c1-29-20-10-6-18(7-11-20)22-16-23(19-8-12-21(30-2)13-9-19)27(25-22)24(28)17-26-14-4-3-5-15-26/h6-13,23H,3-5,14-17H2,1-2H3/t23-/m1/s1. The molecule has 6 heteroatoms. The van der Waals surface area contributed by atoms with E-state index in [1.165, 1.54) is 6.42 Å². The van der Waals surface area contributed by atoms with Gasteiger partial charge in [-0.05, 0) is 73.5 Å². The predicted octanol–water partition coefficient (Wildman–Crippen LogP) is 3.87. The Morgan fingerprint density at radius 2 is 1.53 bits per heavy atom. The van der Waals surface area contributed by atoms with Crippen molar-refractivity contribution >= 4 is 11.6 Å². The Kier molecular flexibility index (Phi) is 6.33. The van der Waals surface area contributed by atoms with E-state index in [1.807, 2.05) is 48.5 Å². The van der Waals surface area contributed by atoms with Crippen molar-refractivity contribution in [1.29, 1.82) is 0 Å². The van der Waals surface area contributed by atoms with Gasteiger partial charge in [0.15, 0.2) is 0 Å². The predicted molar refractivity (Wildman–Crippen MR) is 117 cm³/mol. The summed E-state index contributed by atoms with van der Waals surface area (Å²) in [7, 11) is 3.31. The monoisotopic (exact) mass is 407 g/mol. The molecule has 2 heterocycles. The van der Waals surface area contributed by atoms with Crippen LogP contribution in [0.5, 0.6) is 11.5 Å². The van der Waals surface area contributed by atoms with Crippen molar-refractivity contribution in [3.8, 4) is 11.5 Å². The number of piperidine rings is 1. The fourth-order valence-electron chi connectivity index (χ4n) is 4.17. The lowest BCUT2D eigenvalue weighted by molar-refractivity contribution is -0.134. The van der Waals surface area contributed by atoms with E-state index < -0.39 is 0 Å². The van der Waals surface area contributed by atoms with Crippen molar-refractivity contribution in [2.45, 2.75) is 31.7 Å². The number of hydrazone groups is 1. The van der Waals surface area contributed by atoms with E-state index in [2.05, 4.69) is 4.90 Å². The third-order valence-corrected chi connectivity index (χ3v) is 5.90. The summed E-state index contributed by atoms with van der Waals surface area (Å²) in [6, 6.07) is 15.7. The third-order valence-electron chi connectivity index (χ3n) is 5.90. The van der Waals surface area contributed by atoms with Gasteiger partial charge in [-0.2, -0.15) is 5.10 Å². The lowest BCUT2D eigenvalue weighted by Crippen LogP contribution is -2.40. The van der Waals surface area contributed by atoms with E-state index >= 15 is 0 Å². The second kappa shape index (κ2) is 9.30. The van der Waals surface area contributed by atoms with E-state index in [4.69, 9.17) is 14.6 Å². The lowest BCUT2D eigenvalue weighted by atomic mass is 9.98. The van der Waals surface area contributed by atoms with Crippen LogP contribution < -0.4 is 9.47 Å². The Morgan fingerprint density at radius 3 is 2.13 bits per heavy atom. The minimum atomic E-state index is -0.106. The fraction of sp³-hybridized carbons (Fsp3) is 0.417. The first kappa shape index (κ1) is 20.4. The highest BCUT2D eigenvalue weighted by Gasteiger charge is 2.33. The van der Waals surface area contributed by atoms with Crippen molar-refractivity contribution in [2.75, 3.05) is 33.9 Å². The van der Waals surface area contributed by atoms with Crippen LogP contribution in [-0.2, 0) is 4.79 Å². The molecule has 1 saturated heterocycles. The van der Waals surface area contributed by atoms with Crippen LogP contribution in [0, 0.1) is 0 Å². The quantitative estimate of drug-likeness (QED) is 0.730. The molecule has 1 amide bonds. The fourth-order valence-corrected chi connectivity index (χ4v) is 4.17. The molecule has 0 aromatic heterocycles. The van der Waals surface area contributed by atoms with Gasteiger partial charge in [-0.1, -0.05) is 18.6 Å². The van der Waals surface area contributed by atoms with Crippen LogP contribution >= 0.6 is 0 Å². The molecule has 0 aliphatic carbocycles. The van der Waals surface area contributed by atoms with Gasteiger partial charge in [-0.3, -0.25) is 9.69 Å². The minimum absolute atomic E-state index is 0.0567. The van der Waals surface area contributed by atoms with Gasteiger partial charge in [0.1, 0.15) is 11.5 Å². The van der Waals surface area contributed by atoms with Crippen molar-refractivity contribution < 1.29 is 14.3 Å². The van der Waals surface area contributed by atoms with Gasteiger partial charge in [0.25, 0.3) is 5.91 Å². The number of hydrogen-bond donors (Lipinski definition) is 0. The molecule has 2 aromatic rings. The second-order valence-corrected chi connectivity index (χ2v) is 7.84. The van der Waals surface area contributed by atoms with Gasteiger partial charge in [0.05, 0.1) is 32.5 Å². The molecule has 0 unspecified atom stereocenters. The summed E-state index contributed by atoms with van der Waals surface area (Å²) < 4.78 is 10.6. The van der Waals surface area contributed by atoms with Crippen LogP contribution in [0.1, 0.15) is 42.9 Å². The highest BCUT2D eigenvalue weighted by atomic mass is 16.5. The van der Waals surface area contributed by atoms with Crippen molar-refractivity contribution in [1.82, 2.24) is 9.91 Å². The van der Waals surface area contributed by atoms with Crippen molar-refractivity contribution in [2.24, 2.45) is 5.10 Å². The number of carbonyl (C=O) groups excluding carboxylic acids is 1. The van der Waals surface area contributed by atoms with E-state index in [0.717, 1.165) is 54.3 Å². The molecule has 158 valence electrons. The molecule has 2 aromatic carbocycles. The molecular formula is C24H29N3O3. The van der Waals surface area contributed by atoms with E-state index in [-0.39, 0.29) is 11.9 Å². The van der Waals surface area contributed by atoms with Crippen LogP contribution in [0.15, 0.2) is 53.6 Å². The van der Waals surface area contributed by atoms with E-state index in [0.29, 0.717) is 13.0 Å². The largest absolute Gasteiger partial charge is 0.497 e. The number of amides is 1. The Labute approximate surface area is 178 Å². The van der Waals surface area contributed by atoms with Gasteiger partial charge in [0.2, 0.25) is 0 Å². The normalized spacial score (nSPS) is 19.5. The highest BCUT2D eigenvalue weighted by Crippen LogP contribution is 2.34. The van der Waals surface area contributed by atoms with E-state index in [9.17, 15) is 4.79 Å². The molecule has 0 N–H and O–H groups in total. The summed E-state index contributed by atoms with van der Waals surface area (Å²) in [5.74, 6) is 1.67. The van der Waals surface area contributed by atoms with Gasteiger partial charge in [-0.15, -0.1) is 0 Å². The first-order chi connectivity index (χ1) is 14.7. The molecule has 1 fully saturated rings. The molecule has 1 atom stereocenters. The molecule has 2 aliphatic heterocycles. The molecule has 0 saturated carbocycles. The SMILES string of the molecule is COc1ccc(C2=NN(C(=O)CN3CCCCC3)[C@@H](c3ccc(OC)cc3)C2)cc1. The Bertz CT molecular complexity index is 887. The van der Waals surface area contributed by atoms with E-state index in [1.54, 1.807) is 19.2 Å². The van der Waals surface area contributed by atoms with Gasteiger partial charge in [-0.25, -0.2) is 5.01 Å². The summed E-state index contributed by atoms with van der Waals surface area (Å²) in [6.07, 6.45) is 4.26. The van der Waals surface area contributed by atoms with Crippen molar-refractivity contribution in [3.05, 3.63) is 59.7 Å². The summed E-state index contributed by atoms with van der Waals surface area (Å²) in [6.45, 7) is 2.40. The topological polar surface area (TPSA) is 54.4 Å². The van der Waals surface area contributed by atoms with Crippen LogP contribution in [0.3, 0.4) is 0 Å². The highest BCUT2D eigenvalue weighted by molar-refractivity contribution is 6.03. The van der Waals surface area contributed by atoms with Gasteiger partial charge < -0.3 is 9.47 Å². The van der Waals surface area contributed by atoms with Crippen LogP contribution in [0.4, 0.5) is 0 Å². The number of rotatable bonds is 6. The Morgan fingerprint density at radius 1 is 0.933 bits per heavy atom. The third kappa shape index (κ3) is 4.49. The zero-order valence-corrected chi connectivity index (χ0v) is 17.7. The zero-order chi connectivity index (χ0) is 20.9. The number of benzene rings is 2. The number of nitrogens with zero attached hydrogens (tertiary/aromatic N) is 3. The number of ether oxygens (including phenoxy) is 2. The average molecular weight is 408 g/mol. The Balaban J connectivity index is 1.58. The summed E-state index contributed by atoms with van der Waals surface area (Å²) >= 11 is 0. The summed E-state index contributed by atoms with van der Waals surface area (Å²) in [4.78, 5) is 15.5. The molecule has 6 nitrogen and oxygen atoms in total. The number of carbonyl (C=O) groups is 1. The lowest BCUT2D eigenvalue weighted by Gasteiger charge is -2.29. The van der Waals surface area contributed by atoms with Crippen LogP contribution in [0.2, 0.25) is 0 Å². The molecule has 0 bridgehead atoms. The number of hydrogen-bond acceptors (Lipinski definition) is 5. The summed E-state index contributed by atoms with van der Waals surface area (Å²) in [5, 5.41) is 6.47. The van der Waals surface area contributed by atoms with Crippen LogP contribution in [-0.4, -0.2) is 55.4 Å². The maximum atomic E-state index is 13.2. The van der Waals surface area contributed by atoms with Crippen LogP contribution in [0.25, 0.3) is 0 Å². The number of methoxy groups -OCH3 is 2. The molecule has 2 aliphatic rings. The molecule has 30 heavy (non-hydrogen) atoms. The smallest absolute Gasteiger partial charge is 0.257 e. The molecular weight excluding hydrogens is 378 g/mol. The van der Waals surface area contributed by atoms with Gasteiger partial charge >= 0.3 is 0 Å². The molecule has 4 rings (SSSR count). The van der Waals surface area contributed by atoms with Gasteiger partial charge in [0, 0.05) is 6.42 Å². The minimum Gasteiger partial charge on any atom is -0.497 e. The van der Waals surface area contributed by atoms with Crippen molar-refractivity contribution in [3.63, 3.8) is 0 Å². The zero-order valence-electron chi connectivity index (χ0n) is 17.7. The Hall–Kier alpha value is -2.86.